The third kappa shape index (κ3) is 3.93. The zero-order valence-electron chi connectivity index (χ0n) is 14.1. The molecule has 3 heterocycles. The van der Waals surface area contributed by atoms with Crippen LogP contribution in [0.4, 0.5) is 0 Å². The monoisotopic (exact) mass is 330 g/mol. The number of carbonyl (C=O) groups excluding carboxylic acids is 2. The van der Waals surface area contributed by atoms with Crippen molar-refractivity contribution in [1.82, 2.24) is 14.8 Å². The van der Waals surface area contributed by atoms with E-state index in [1.165, 1.54) is 0 Å². The highest BCUT2D eigenvalue weighted by Gasteiger charge is 2.34. The maximum absolute atomic E-state index is 13.1. The molecule has 1 unspecified atom stereocenters. The first kappa shape index (κ1) is 16.9. The second-order valence-electron chi connectivity index (χ2n) is 6.81. The lowest BCUT2D eigenvalue weighted by atomic mass is 9.91. The first-order chi connectivity index (χ1) is 11.6. The molecule has 1 aromatic rings. The molecule has 2 fully saturated rings. The van der Waals surface area contributed by atoms with E-state index >= 15 is 0 Å². The summed E-state index contributed by atoms with van der Waals surface area (Å²) in [4.78, 5) is 32.6. The minimum absolute atomic E-state index is 0.0541. The minimum atomic E-state index is -0.300. The number of piperidine rings is 2. The summed E-state index contributed by atoms with van der Waals surface area (Å²) < 4.78 is 0. The van der Waals surface area contributed by atoms with Crippen LogP contribution >= 0.6 is 0 Å². The van der Waals surface area contributed by atoms with Crippen molar-refractivity contribution in [3.05, 3.63) is 30.1 Å². The Hall–Kier alpha value is -1.95. The Labute approximate surface area is 143 Å². The number of likely N-dealkylation sites (tertiary alicyclic amines) is 2. The van der Waals surface area contributed by atoms with E-state index in [9.17, 15) is 9.59 Å². The third-order valence-corrected chi connectivity index (χ3v) is 5.13. The van der Waals surface area contributed by atoms with Crippen molar-refractivity contribution in [1.29, 1.82) is 0 Å². The van der Waals surface area contributed by atoms with Crippen molar-refractivity contribution in [3.8, 4) is 0 Å². The molecule has 2 amide bonds. The highest BCUT2D eigenvalue weighted by Crippen LogP contribution is 2.32. The summed E-state index contributed by atoms with van der Waals surface area (Å²) in [5.41, 5.74) is 6.25. The molecule has 0 spiro atoms. The molecule has 2 aliphatic rings. The van der Waals surface area contributed by atoms with Crippen LogP contribution in [-0.4, -0.2) is 52.8 Å². The molecule has 2 saturated heterocycles. The van der Waals surface area contributed by atoms with Crippen LogP contribution in [0.5, 0.6) is 0 Å². The van der Waals surface area contributed by atoms with Gasteiger partial charge >= 0.3 is 0 Å². The summed E-state index contributed by atoms with van der Waals surface area (Å²) in [5, 5.41) is 0. The van der Waals surface area contributed by atoms with Crippen molar-refractivity contribution in [2.75, 3.05) is 26.2 Å². The van der Waals surface area contributed by atoms with Gasteiger partial charge in [-0.25, -0.2) is 0 Å². The Bertz CT molecular complexity index is 570. The fraction of sp³-hybridized carbons (Fsp3) is 0.611. The molecule has 2 aliphatic heterocycles. The van der Waals surface area contributed by atoms with Crippen LogP contribution < -0.4 is 5.73 Å². The van der Waals surface area contributed by atoms with Crippen LogP contribution in [0.3, 0.4) is 0 Å². The number of pyridine rings is 1. The average Bonchev–Trinajstić information content (AvgIpc) is 2.62. The second-order valence-corrected chi connectivity index (χ2v) is 6.81. The van der Waals surface area contributed by atoms with Crippen molar-refractivity contribution in [2.24, 2.45) is 11.7 Å². The third-order valence-electron chi connectivity index (χ3n) is 5.13. The molecule has 2 N–H and O–H groups in total. The molecule has 0 aromatic carbocycles. The fourth-order valence-corrected chi connectivity index (χ4v) is 3.87. The van der Waals surface area contributed by atoms with E-state index in [0.717, 1.165) is 57.4 Å². The molecule has 6 nitrogen and oxygen atoms in total. The average molecular weight is 330 g/mol. The van der Waals surface area contributed by atoms with E-state index in [2.05, 4.69) is 4.98 Å². The van der Waals surface area contributed by atoms with Gasteiger partial charge in [-0.2, -0.15) is 0 Å². The van der Waals surface area contributed by atoms with Crippen molar-refractivity contribution >= 4 is 11.8 Å². The Morgan fingerprint density at radius 3 is 2.58 bits per heavy atom. The highest BCUT2D eigenvalue weighted by molar-refractivity contribution is 5.79. The van der Waals surface area contributed by atoms with Crippen LogP contribution in [0.15, 0.2) is 24.4 Å². The highest BCUT2D eigenvalue weighted by atomic mass is 16.2. The number of hydrogen-bond acceptors (Lipinski definition) is 4. The van der Waals surface area contributed by atoms with Gasteiger partial charge in [0.15, 0.2) is 0 Å². The van der Waals surface area contributed by atoms with Crippen LogP contribution in [0.25, 0.3) is 0 Å². The maximum atomic E-state index is 13.1. The Kier molecular flexibility index (Phi) is 5.45. The van der Waals surface area contributed by atoms with Crippen LogP contribution in [-0.2, 0) is 9.59 Å². The molecular weight excluding hydrogens is 304 g/mol. The van der Waals surface area contributed by atoms with Crippen molar-refractivity contribution < 1.29 is 9.59 Å². The van der Waals surface area contributed by atoms with E-state index in [1.807, 2.05) is 28.0 Å². The minimum Gasteiger partial charge on any atom is -0.369 e. The molecule has 1 atom stereocenters. The van der Waals surface area contributed by atoms with Gasteiger partial charge in [0.2, 0.25) is 11.8 Å². The van der Waals surface area contributed by atoms with Gasteiger partial charge in [-0.05, 0) is 57.3 Å². The Balaban J connectivity index is 1.64. The van der Waals surface area contributed by atoms with Gasteiger partial charge in [-0.1, -0.05) is 6.07 Å². The number of aromatic nitrogens is 1. The van der Waals surface area contributed by atoms with E-state index < -0.39 is 0 Å². The molecule has 3 rings (SSSR count). The lowest BCUT2D eigenvalue weighted by Gasteiger charge is -2.39. The van der Waals surface area contributed by atoms with Crippen molar-refractivity contribution in [3.63, 3.8) is 0 Å². The lowest BCUT2D eigenvalue weighted by molar-refractivity contribution is -0.141. The number of rotatable bonds is 4. The normalized spacial score (nSPS) is 23.2. The molecule has 6 heteroatoms. The molecule has 130 valence electrons. The standard InChI is InChI=1S/C18H26N4O2/c19-17(23)13-21-11-7-14(8-12-21)18(24)22-10-4-2-6-16(22)15-5-1-3-9-20-15/h1,3,5,9,14,16H,2,4,6-8,10-13H2,(H2,19,23). The Morgan fingerprint density at radius 1 is 1.12 bits per heavy atom. The zero-order chi connectivity index (χ0) is 16.9. The largest absolute Gasteiger partial charge is 0.369 e. The molecule has 1 aromatic heterocycles. The number of primary amides is 1. The van der Waals surface area contributed by atoms with Gasteiger partial charge < -0.3 is 10.6 Å². The van der Waals surface area contributed by atoms with Crippen molar-refractivity contribution in [2.45, 2.75) is 38.1 Å². The molecule has 0 bridgehead atoms. The SMILES string of the molecule is NC(=O)CN1CCC(C(=O)N2CCCCC2c2ccccn2)CC1. The summed E-state index contributed by atoms with van der Waals surface area (Å²) in [6.45, 7) is 2.64. The number of nitrogens with zero attached hydrogens (tertiary/aromatic N) is 3. The van der Waals surface area contributed by atoms with E-state index in [-0.39, 0.29) is 23.8 Å². The summed E-state index contributed by atoms with van der Waals surface area (Å²) in [5.74, 6) is 0.00791. The summed E-state index contributed by atoms with van der Waals surface area (Å²) >= 11 is 0. The van der Waals surface area contributed by atoms with E-state index in [1.54, 1.807) is 6.20 Å². The Morgan fingerprint density at radius 2 is 1.92 bits per heavy atom. The molecule has 24 heavy (non-hydrogen) atoms. The topological polar surface area (TPSA) is 79.5 Å². The molecular formula is C18H26N4O2. The number of nitrogens with two attached hydrogens (primary N) is 1. The van der Waals surface area contributed by atoms with Gasteiger partial charge in [0.1, 0.15) is 0 Å². The number of hydrogen-bond donors (Lipinski definition) is 1. The summed E-state index contributed by atoms with van der Waals surface area (Å²) in [6.07, 6.45) is 6.60. The van der Waals surface area contributed by atoms with Gasteiger partial charge in [0.05, 0.1) is 18.3 Å². The zero-order valence-corrected chi connectivity index (χ0v) is 14.1. The quantitative estimate of drug-likeness (QED) is 0.903. The van der Waals surface area contributed by atoms with Gasteiger partial charge in [-0.15, -0.1) is 0 Å². The summed E-state index contributed by atoms with van der Waals surface area (Å²) in [6, 6.07) is 6.02. The summed E-state index contributed by atoms with van der Waals surface area (Å²) in [7, 11) is 0. The van der Waals surface area contributed by atoms with Crippen LogP contribution in [0.1, 0.15) is 43.8 Å². The number of carbonyl (C=O) groups is 2. The van der Waals surface area contributed by atoms with E-state index in [4.69, 9.17) is 5.73 Å². The molecule has 0 radical (unpaired) electrons. The number of amides is 2. The first-order valence-corrected chi connectivity index (χ1v) is 8.87. The second kappa shape index (κ2) is 7.75. The van der Waals surface area contributed by atoms with E-state index in [0.29, 0.717) is 6.54 Å². The van der Waals surface area contributed by atoms with Crippen LogP contribution in [0, 0.1) is 5.92 Å². The fourth-order valence-electron chi connectivity index (χ4n) is 3.87. The molecule has 0 saturated carbocycles. The van der Waals surface area contributed by atoms with Gasteiger partial charge in [0.25, 0.3) is 0 Å². The first-order valence-electron chi connectivity index (χ1n) is 8.87. The maximum Gasteiger partial charge on any atom is 0.231 e. The van der Waals surface area contributed by atoms with Crippen LogP contribution in [0.2, 0.25) is 0 Å². The van der Waals surface area contributed by atoms with Gasteiger partial charge in [0, 0.05) is 18.7 Å². The molecule has 0 aliphatic carbocycles. The van der Waals surface area contributed by atoms with Gasteiger partial charge in [-0.3, -0.25) is 19.5 Å². The predicted octanol–water partition coefficient (Wildman–Crippen LogP) is 1.33. The predicted molar refractivity (Wildman–Crippen MR) is 90.9 cm³/mol. The lowest BCUT2D eigenvalue weighted by Crippen LogP contribution is -2.47. The smallest absolute Gasteiger partial charge is 0.231 e.